The third-order valence-electron chi connectivity index (χ3n) is 5.52. The van der Waals surface area contributed by atoms with Gasteiger partial charge in [0.2, 0.25) is 0 Å². The number of rotatable bonds is 5. The van der Waals surface area contributed by atoms with Crippen molar-refractivity contribution in [3.8, 4) is 0 Å². The van der Waals surface area contributed by atoms with Crippen LogP contribution in [-0.4, -0.2) is 35.1 Å². The number of piperazine rings is 1. The largest absolute Gasteiger partial charge is 0.308 e. The van der Waals surface area contributed by atoms with Crippen molar-refractivity contribution >= 4 is 0 Å². The Labute approximate surface area is 114 Å². The van der Waals surface area contributed by atoms with Gasteiger partial charge in [0.25, 0.3) is 0 Å². The lowest BCUT2D eigenvalue weighted by atomic mass is 9.82. The zero-order valence-electron chi connectivity index (χ0n) is 13.1. The van der Waals surface area contributed by atoms with Gasteiger partial charge in [-0.2, -0.15) is 0 Å². The second-order valence-corrected chi connectivity index (χ2v) is 7.16. The van der Waals surface area contributed by atoms with Gasteiger partial charge in [0.05, 0.1) is 0 Å². The Bertz CT molecular complexity index is 287. The van der Waals surface area contributed by atoms with Crippen molar-refractivity contribution in [1.82, 2.24) is 10.2 Å². The van der Waals surface area contributed by atoms with E-state index in [2.05, 4.69) is 44.8 Å². The van der Waals surface area contributed by atoms with Crippen molar-refractivity contribution < 1.29 is 0 Å². The molecule has 1 saturated heterocycles. The van der Waals surface area contributed by atoms with Crippen LogP contribution in [0.25, 0.3) is 0 Å². The van der Waals surface area contributed by atoms with Crippen molar-refractivity contribution in [2.45, 2.75) is 83.8 Å². The number of hydrogen-bond donors (Lipinski definition) is 1. The highest BCUT2D eigenvalue weighted by Crippen LogP contribution is 2.46. The van der Waals surface area contributed by atoms with Gasteiger partial charge in [0.1, 0.15) is 0 Å². The lowest BCUT2D eigenvalue weighted by molar-refractivity contribution is -0.0245. The summed E-state index contributed by atoms with van der Waals surface area (Å²) in [6.45, 7) is 14.4. The predicted molar refractivity (Wildman–Crippen MR) is 78.9 cm³/mol. The Balaban J connectivity index is 2.15. The summed E-state index contributed by atoms with van der Waals surface area (Å²) in [4.78, 5) is 2.84. The van der Waals surface area contributed by atoms with E-state index in [0.29, 0.717) is 11.1 Å². The van der Waals surface area contributed by atoms with Crippen LogP contribution in [0.15, 0.2) is 0 Å². The maximum atomic E-state index is 3.84. The Morgan fingerprint density at radius 3 is 2.44 bits per heavy atom. The summed E-state index contributed by atoms with van der Waals surface area (Å²) < 4.78 is 0. The molecule has 0 amide bonds. The second-order valence-electron chi connectivity index (χ2n) is 7.16. The quantitative estimate of drug-likeness (QED) is 0.806. The predicted octanol–water partition coefficient (Wildman–Crippen LogP) is 3.42. The molecule has 1 saturated carbocycles. The first-order chi connectivity index (χ1) is 8.45. The van der Waals surface area contributed by atoms with Gasteiger partial charge in [0.15, 0.2) is 0 Å². The van der Waals surface area contributed by atoms with Crippen molar-refractivity contribution in [2.24, 2.45) is 5.92 Å². The summed E-state index contributed by atoms with van der Waals surface area (Å²) in [5.41, 5.74) is 0.722. The molecule has 0 aromatic heterocycles. The molecule has 1 aliphatic heterocycles. The van der Waals surface area contributed by atoms with E-state index in [1.165, 1.54) is 45.2 Å². The minimum atomic E-state index is 0.316. The first-order valence-electron chi connectivity index (χ1n) is 7.97. The van der Waals surface area contributed by atoms with E-state index in [1.807, 2.05) is 0 Å². The van der Waals surface area contributed by atoms with E-state index in [9.17, 15) is 0 Å². The summed E-state index contributed by atoms with van der Waals surface area (Å²) in [5, 5.41) is 3.84. The summed E-state index contributed by atoms with van der Waals surface area (Å²) >= 11 is 0. The van der Waals surface area contributed by atoms with Crippen LogP contribution >= 0.6 is 0 Å². The summed E-state index contributed by atoms with van der Waals surface area (Å²) in [7, 11) is 0. The molecule has 1 N–H and O–H groups in total. The third kappa shape index (κ3) is 2.60. The molecule has 18 heavy (non-hydrogen) atoms. The molecule has 106 valence electrons. The molecule has 0 spiro atoms. The third-order valence-corrected chi connectivity index (χ3v) is 5.52. The van der Waals surface area contributed by atoms with Crippen LogP contribution < -0.4 is 5.32 Å². The van der Waals surface area contributed by atoms with Gasteiger partial charge in [0, 0.05) is 30.2 Å². The minimum Gasteiger partial charge on any atom is -0.308 e. The lowest BCUT2D eigenvalue weighted by Crippen LogP contribution is -2.70. The molecule has 3 unspecified atom stereocenters. The number of nitrogens with one attached hydrogen (secondary N) is 1. The first kappa shape index (κ1) is 14.3. The second kappa shape index (κ2) is 5.13. The van der Waals surface area contributed by atoms with Gasteiger partial charge in [-0.15, -0.1) is 0 Å². The highest BCUT2D eigenvalue weighted by atomic mass is 15.3. The van der Waals surface area contributed by atoms with Crippen LogP contribution in [0, 0.1) is 5.92 Å². The molecule has 2 nitrogen and oxygen atoms in total. The molecule has 1 aliphatic carbocycles. The number of hydrogen-bond acceptors (Lipinski definition) is 2. The van der Waals surface area contributed by atoms with Gasteiger partial charge in [-0.25, -0.2) is 0 Å². The number of nitrogens with zero attached hydrogens (tertiary/aromatic N) is 1. The summed E-state index contributed by atoms with van der Waals surface area (Å²) in [6, 6.07) is 0.730. The average molecular weight is 252 g/mol. The zero-order valence-corrected chi connectivity index (χ0v) is 13.1. The molecule has 2 fully saturated rings. The Morgan fingerprint density at radius 1 is 1.28 bits per heavy atom. The van der Waals surface area contributed by atoms with E-state index < -0.39 is 0 Å². The van der Waals surface area contributed by atoms with E-state index in [4.69, 9.17) is 0 Å². The van der Waals surface area contributed by atoms with Crippen molar-refractivity contribution in [3.05, 3.63) is 0 Å². The minimum absolute atomic E-state index is 0.316. The topological polar surface area (TPSA) is 15.3 Å². The van der Waals surface area contributed by atoms with E-state index in [-0.39, 0.29) is 0 Å². The molecule has 0 radical (unpaired) electrons. The highest BCUT2D eigenvalue weighted by Gasteiger charge is 2.51. The van der Waals surface area contributed by atoms with Crippen molar-refractivity contribution in [2.75, 3.05) is 13.1 Å². The fraction of sp³-hybridized carbons (Fsp3) is 1.00. The molecule has 2 heteroatoms. The molecule has 0 bridgehead atoms. The molecular weight excluding hydrogens is 220 g/mol. The highest BCUT2D eigenvalue weighted by molar-refractivity contribution is 5.08. The fourth-order valence-electron chi connectivity index (χ4n) is 3.66. The van der Waals surface area contributed by atoms with Crippen LogP contribution in [0.2, 0.25) is 0 Å². The molecule has 0 aromatic rings. The van der Waals surface area contributed by atoms with Crippen LogP contribution in [0.3, 0.4) is 0 Å². The SMILES string of the molecule is CCCC(C)N1CC(C)(CC)NCC1(C)C1CC1. The van der Waals surface area contributed by atoms with Gasteiger partial charge in [-0.1, -0.05) is 20.3 Å². The maximum Gasteiger partial charge on any atom is 0.0337 e. The summed E-state index contributed by atoms with van der Waals surface area (Å²) in [5.74, 6) is 0.936. The molecular formula is C16H32N2. The van der Waals surface area contributed by atoms with E-state index >= 15 is 0 Å². The maximum absolute atomic E-state index is 3.84. The average Bonchev–Trinajstić information content (AvgIpc) is 3.17. The van der Waals surface area contributed by atoms with Crippen LogP contribution in [0.5, 0.6) is 0 Å². The molecule has 2 aliphatic rings. The standard InChI is InChI=1S/C16H32N2/c1-6-8-13(3)18-12-15(4,7-2)17-11-16(18,5)14-9-10-14/h13-14,17H,6-12H2,1-5H3. The Hall–Kier alpha value is -0.0800. The lowest BCUT2D eigenvalue weighted by Gasteiger charge is -2.55. The smallest absolute Gasteiger partial charge is 0.0337 e. The van der Waals surface area contributed by atoms with Crippen molar-refractivity contribution in [3.63, 3.8) is 0 Å². The van der Waals surface area contributed by atoms with Crippen molar-refractivity contribution in [1.29, 1.82) is 0 Å². The van der Waals surface area contributed by atoms with Crippen LogP contribution in [-0.2, 0) is 0 Å². The monoisotopic (exact) mass is 252 g/mol. The summed E-state index contributed by atoms with van der Waals surface area (Å²) in [6.07, 6.45) is 6.74. The van der Waals surface area contributed by atoms with E-state index in [1.54, 1.807) is 0 Å². The fourth-order valence-corrected chi connectivity index (χ4v) is 3.66. The zero-order chi connectivity index (χ0) is 13.4. The van der Waals surface area contributed by atoms with Gasteiger partial charge in [-0.05, 0) is 52.4 Å². The molecule has 2 rings (SSSR count). The van der Waals surface area contributed by atoms with Gasteiger partial charge < -0.3 is 5.32 Å². The molecule has 1 heterocycles. The Morgan fingerprint density at radius 2 is 1.94 bits per heavy atom. The van der Waals surface area contributed by atoms with Gasteiger partial charge >= 0.3 is 0 Å². The Kier molecular flexibility index (Phi) is 4.08. The van der Waals surface area contributed by atoms with Crippen LogP contribution in [0.4, 0.5) is 0 Å². The molecule has 3 atom stereocenters. The first-order valence-corrected chi connectivity index (χ1v) is 7.97. The van der Waals surface area contributed by atoms with Gasteiger partial charge in [-0.3, -0.25) is 4.90 Å². The normalized spacial score (nSPS) is 39.8. The van der Waals surface area contributed by atoms with E-state index in [0.717, 1.165) is 12.0 Å². The van der Waals surface area contributed by atoms with Crippen LogP contribution in [0.1, 0.15) is 66.7 Å². The molecule has 0 aromatic carbocycles.